The molecule has 0 aliphatic heterocycles. The average Bonchev–Trinajstić information content (AvgIpc) is 2.46. The molecule has 21 heavy (non-hydrogen) atoms. The first-order valence-electron chi connectivity index (χ1n) is 8.32. The first-order chi connectivity index (χ1) is 10.3. The fourth-order valence-electron chi connectivity index (χ4n) is 1.89. The molecule has 0 radical (unpaired) electrons. The molecule has 0 aliphatic carbocycles. The molecule has 0 aromatic heterocycles. The molecule has 0 spiro atoms. The zero-order chi connectivity index (χ0) is 15.6. The third-order valence-electron chi connectivity index (χ3n) is 3.14. The van der Waals surface area contributed by atoms with Crippen molar-refractivity contribution in [3.63, 3.8) is 0 Å². The quantitative estimate of drug-likeness (QED) is 0.250. The molecule has 0 bridgehead atoms. The first-order valence-corrected chi connectivity index (χ1v) is 8.32. The Morgan fingerprint density at radius 3 is 1.57 bits per heavy atom. The summed E-state index contributed by atoms with van der Waals surface area (Å²) in [6.07, 6.45) is 4.81. The van der Waals surface area contributed by atoms with Crippen LogP contribution in [-0.2, 0) is 4.79 Å². The molecular formula is C15H34N4O2. The predicted molar refractivity (Wildman–Crippen MR) is 87.9 cm³/mol. The van der Waals surface area contributed by atoms with Crippen molar-refractivity contribution in [3.8, 4) is 0 Å². The van der Waals surface area contributed by atoms with Gasteiger partial charge < -0.3 is 26.4 Å². The Hall–Kier alpha value is -0.690. The molecule has 5 N–H and O–H groups in total. The summed E-state index contributed by atoms with van der Waals surface area (Å²) >= 11 is 0. The second-order valence-electron chi connectivity index (χ2n) is 5.20. The number of hydrogen-bond donors (Lipinski definition) is 5. The van der Waals surface area contributed by atoms with Gasteiger partial charge in [-0.3, -0.25) is 4.79 Å². The van der Waals surface area contributed by atoms with Gasteiger partial charge in [-0.25, -0.2) is 0 Å². The van der Waals surface area contributed by atoms with Crippen molar-refractivity contribution in [2.75, 3.05) is 52.4 Å². The standard InChI is InChI=1S/C15H34N4O2/c1-2-3-4-7-16-9-11-18-13-14-19-12-10-17-8-5-6-15(20)21/h16-19H,2-14H2,1H3,(H,20,21). The highest BCUT2D eigenvalue weighted by Gasteiger charge is 1.95. The Bertz CT molecular complexity index is 228. The summed E-state index contributed by atoms with van der Waals surface area (Å²) < 4.78 is 0. The Morgan fingerprint density at radius 1 is 0.714 bits per heavy atom. The third kappa shape index (κ3) is 19.3. The molecule has 0 heterocycles. The molecule has 6 nitrogen and oxygen atoms in total. The molecule has 0 aliphatic rings. The maximum Gasteiger partial charge on any atom is 0.303 e. The van der Waals surface area contributed by atoms with Gasteiger partial charge in [-0.15, -0.1) is 0 Å². The van der Waals surface area contributed by atoms with E-state index in [-0.39, 0.29) is 6.42 Å². The number of carbonyl (C=O) groups is 1. The Morgan fingerprint density at radius 2 is 1.14 bits per heavy atom. The van der Waals surface area contributed by atoms with Crippen LogP contribution in [0.15, 0.2) is 0 Å². The summed E-state index contributed by atoms with van der Waals surface area (Å²) in [7, 11) is 0. The zero-order valence-electron chi connectivity index (χ0n) is 13.5. The summed E-state index contributed by atoms with van der Waals surface area (Å²) in [5.74, 6) is -0.721. The van der Waals surface area contributed by atoms with Gasteiger partial charge in [-0.1, -0.05) is 19.8 Å². The van der Waals surface area contributed by atoms with Crippen LogP contribution in [0.5, 0.6) is 0 Å². The summed E-state index contributed by atoms with van der Waals surface area (Å²) in [6, 6.07) is 0. The molecule has 0 rings (SSSR count). The van der Waals surface area contributed by atoms with Crippen molar-refractivity contribution >= 4 is 5.97 Å². The highest BCUT2D eigenvalue weighted by Crippen LogP contribution is 1.90. The molecule has 0 amide bonds. The van der Waals surface area contributed by atoms with Crippen LogP contribution in [0.4, 0.5) is 0 Å². The molecule has 0 aromatic carbocycles. The van der Waals surface area contributed by atoms with Crippen molar-refractivity contribution in [1.29, 1.82) is 0 Å². The van der Waals surface area contributed by atoms with E-state index in [9.17, 15) is 4.79 Å². The average molecular weight is 302 g/mol. The predicted octanol–water partition coefficient (Wildman–Crippen LogP) is 0.400. The van der Waals surface area contributed by atoms with E-state index in [1.165, 1.54) is 19.3 Å². The fraction of sp³-hybridized carbons (Fsp3) is 0.933. The lowest BCUT2D eigenvalue weighted by atomic mass is 10.2. The minimum absolute atomic E-state index is 0.247. The van der Waals surface area contributed by atoms with Crippen LogP contribution >= 0.6 is 0 Å². The number of rotatable bonds is 17. The van der Waals surface area contributed by atoms with Crippen molar-refractivity contribution in [2.45, 2.75) is 39.0 Å². The van der Waals surface area contributed by atoms with Crippen LogP contribution in [0.25, 0.3) is 0 Å². The lowest BCUT2D eigenvalue weighted by molar-refractivity contribution is -0.137. The van der Waals surface area contributed by atoms with E-state index in [1.54, 1.807) is 0 Å². The smallest absolute Gasteiger partial charge is 0.303 e. The highest BCUT2D eigenvalue weighted by molar-refractivity contribution is 5.66. The monoisotopic (exact) mass is 302 g/mol. The van der Waals surface area contributed by atoms with E-state index in [1.807, 2.05) is 0 Å². The second-order valence-corrected chi connectivity index (χ2v) is 5.20. The number of aliphatic carboxylic acids is 1. The minimum Gasteiger partial charge on any atom is -0.481 e. The van der Waals surface area contributed by atoms with E-state index >= 15 is 0 Å². The van der Waals surface area contributed by atoms with Crippen molar-refractivity contribution < 1.29 is 9.90 Å². The number of nitrogens with one attached hydrogen (secondary N) is 4. The molecule has 0 saturated heterocycles. The third-order valence-corrected chi connectivity index (χ3v) is 3.14. The second kappa shape index (κ2) is 17.4. The van der Waals surface area contributed by atoms with Crippen LogP contribution in [0.2, 0.25) is 0 Å². The normalized spacial score (nSPS) is 10.9. The van der Waals surface area contributed by atoms with Crippen LogP contribution in [0, 0.1) is 0 Å². The van der Waals surface area contributed by atoms with E-state index < -0.39 is 5.97 Å². The molecule has 0 fully saturated rings. The molecule has 0 aromatic rings. The van der Waals surface area contributed by atoms with Crippen LogP contribution in [0.1, 0.15) is 39.0 Å². The Labute approximate surface area is 129 Å². The van der Waals surface area contributed by atoms with Gasteiger partial charge in [-0.2, -0.15) is 0 Å². The molecule has 0 atom stereocenters. The van der Waals surface area contributed by atoms with Gasteiger partial charge in [0.2, 0.25) is 0 Å². The topological polar surface area (TPSA) is 85.4 Å². The van der Waals surface area contributed by atoms with E-state index in [2.05, 4.69) is 28.2 Å². The van der Waals surface area contributed by atoms with Gasteiger partial charge in [0.1, 0.15) is 0 Å². The first kappa shape index (κ1) is 20.3. The highest BCUT2D eigenvalue weighted by atomic mass is 16.4. The fourth-order valence-corrected chi connectivity index (χ4v) is 1.89. The van der Waals surface area contributed by atoms with Gasteiger partial charge >= 0.3 is 5.97 Å². The van der Waals surface area contributed by atoms with Gasteiger partial charge in [0, 0.05) is 45.7 Å². The zero-order valence-corrected chi connectivity index (χ0v) is 13.5. The van der Waals surface area contributed by atoms with Gasteiger partial charge in [0.05, 0.1) is 0 Å². The lowest BCUT2D eigenvalue weighted by Crippen LogP contribution is -2.35. The van der Waals surface area contributed by atoms with Crippen molar-refractivity contribution in [1.82, 2.24) is 21.3 Å². The van der Waals surface area contributed by atoms with E-state index in [0.717, 1.165) is 52.4 Å². The van der Waals surface area contributed by atoms with Gasteiger partial charge in [0.25, 0.3) is 0 Å². The number of carboxylic acids is 1. The summed E-state index contributed by atoms with van der Waals surface area (Å²) in [4.78, 5) is 10.3. The van der Waals surface area contributed by atoms with Crippen LogP contribution in [-0.4, -0.2) is 63.4 Å². The van der Waals surface area contributed by atoms with Crippen LogP contribution in [0.3, 0.4) is 0 Å². The van der Waals surface area contributed by atoms with Gasteiger partial charge in [-0.05, 0) is 25.9 Å². The molecular weight excluding hydrogens is 268 g/mol. The molecule has 0 saturated carbocycles. The molecule has 0 unspecified atom stereocenters. The van der Waals surface area contributed by atoms with Crippen molar-refractivity contribution in [2.24, 2.45) is 0 Å². The number of carboxylic acid groups (broad SMARTS) is 1. The Balaban J connectivity index is 2.95. The minimum atomic E-state index is -0.721. The van der Waals surface area contributed by atoms with E-state index in [4.69, 9.17) is 5.11 Å². The number of unbranched alkanes of at least 4 members (excludes halogenated alkanes) is 2. The SMILES string of the molecule is CCCCCNCCNCCNCCNCCCC(=O)O. The summed E-state index contributed by atoms with van der Waals surface area (Å²) in [6.45, 7) is 9.93. The molecule has 6 heteroatoms. The lowest BCUT2D eigenvalue weighted by Gasteiger charge is -2.08. The number of hydrogen-bond acceptors (Lipinski definition) is 5. The van der Waals surface area contributed by atoms with Gasteiger partial charge in [0.15, 0.2) is 0 Å². The van der Waals surface area contributed by atoms with Crippen molar-refractivity contribution in [3.05, 3.63) is 0 Å². The van der Waals surface area contributed by atoms with E-state index in [0.29, 0.717) is 6.42 Å². The van der Waals surface area contributed by atoms with Crippen LogP contribution < -0.4 is 21.3 Å². The Kier molecular flexibility index (Phi) is 16.8. The summed E-state index contributed by atoms with van der Waals surface area (Å²) in [5.41, 5.74) is 0. The largest absolute Gasteiger partial charge is 0.481 e. The maximum absolute atomic E-state index is 10.3. The molecule has 126 valence electrons. The maximum atomic E-state index is 10.3. The summed E-state index contributed by atoms with van der Waals surface area (Å²) in [5, 5.41) is 21.9.